The number of rotatable bonds is 12. The van der Waals surface area contributed by atoms with E-state index in [2.05, 4.69) is 10.3 Å². The average molecular weight is 533 g/mol. The van der Waals surface area contributed by atoms with Gasteiger partial charge in [-0.3, -0.25) is 4.31 Å². The number of aliphatic hydroxyl groups is 1. The second-order valence-corrected chi connectivity index (χ2v) is 9.22. The molecule has 12 heteroatoms. The smallest absolute Gasteiger partial charge is 0.231 e. The van der Waals surface area contributed by atoms with Crippen molar-refractivity contribution in [2.75, 3.05) is 43.9 Å². The highest BCUT2D eigenvalue weighted by Crippen LogP contribution is 2.20. The van der Waals surface area contributed by atoms with E-state index in [1.54, 1.807) is 36.8 Å². The summed E-state index contributed by atoms with van der Waals surface area (Å²) in [4.78, 5) is 4.03. The van der Waals surface area contributed by atoms with Crippen LogP contribution in [0.5, 0.6) is 11.5 Å². The van der Waals surface area contributed by atoms with Crippen LogP contribution in [0.15, 0.2) is 67.3 Å². The largest absolute Gasteiger partial charge is 0.492 e. The maximum Gasteiger partial charge on any atom is 0.231 e. The lowest BCUT2D eigenvalue weighted by Gasteiger charge is -2.17. The molecule has 0 aliphatic carbocycles. The molecule has 0 bridgehead atoms. The first kappa shape index (κ1) is 29.5. The molecule has 0 saturated carbocycles. The molecule has 1 atom stereocenters. The highest BCUT2D eigenvalue weighted by molar-refractivity contribution is 7.92. The summed E-state index contributed by atoms with van der Waals surface area (Å²) in [7, 11) is -1.82. The number of aromatic nitrogens is 2. The molecule has 0 fully saturated rings. The summed E-state index contributed by atoms with van der Waals surface area (Å²) in [5.74, 6) is 1.32. The Bertz CT molecular complexity index is 1070. The topological polar surface area (TPSA) is 106 Å². The van der Waals surface area contributed by atoms with Crippen molar-refractivity contribution in [2.45, 2.75) is 6.10 Å². The molecule has 2 N–H and O–H groups in total. The van der Waals surface area contributed by atoms with E-state index in [1.165, 1.54) is 11.4 Å². The van der Waals surface area contributed by atoms with Gasteiger partial charge in [-0.05, 0) is 48.5 Å². The zero-order chi connectivity index (χ0) is 23.0. The van der Waals surface area contributed by atoms with Crippen LogP contribution in [0.4, 0.5) is 5.69 Å². The van der Waals surface area contributed by atoms with Crippen LogP contribution in [-0.4, -0.2) is 68.8 Å². The summed E-state index contributed by atoms with van der Waals surface area (Å²) < 4.78 is 37.5. The van der Waals surface area contributed by atoms with Gasteiger partial charge in [0.05, 0.1) is 18.3 Å². The molecule has 1 unspecified atom stereocenters. The first-order valence-corrected chi connectivity index (χ1v) is 11.9. The van der Waals surface area contributed by atoms with Crippen LogP contribution in [-0.2, 0) is 10.0 Å². The van der Waals surface area contributed by atoms with Gasteiger partial charge in [0.15, 0.2) is 0 Å². The van der Waals surface area contributed by atoms with Crippen molar-refractivity contribution in [1.82, 2.24) is 14.9 Å². The monoisotopic (exact) mass is 532 g/mol. The van der Waals surface area contributed by atoms with Crippen molar-refractivity contribution in [2.24, 2.45) is 0 Å². The molecule has 0 aliphatic rings. The summed E-state index contributed by atoms with van der Waals surface area (Å²) in [5.41, 5.74) is 1.55. The molecule has 0 aliphatic heterocycles. The van der Waals surface area contributed by atoms with Gasteiger partial charge < -0.3 is 24.5 Å². The van der Waals surface area contributed by atoms with Gasteiger partial charge in [-0.25, -0.2) is 13.4 Å². The Morgan fingerprint density at radius 3 is 2.26 bits per heavy atom. The highest BCUT2D eigenvalue weighted by atomic mass is 35.5. The molecule has 34 heavy (non-hydrogen) atoms. The molecule has 3 rings (SSSR count). The van der Waals surface area contributed by atoms with Gasteiger partial charge in [-0.2, -0.15) is 0 Å². The molecule has 2 aromatic carbocycles. The Morgan fingerprint density at radius 2 is 1.68 bits per heavy atom. The summed E-state index contributed by atoms with van der Waals surface area (Å²) in [6.45, 7) is 1.52. The van der Waals surface area contributed by atoms with E-state index >= 15 is 0 Å². The number of benzene rings is 2. The number of sulfonamides is 1. The second-order valence-electron chi connectivity index (χ2n) is 7.21. The number of anilines is 1. The van der Waals surface area contributed by atoms with Gasteiger partial charge in [-0.15, -0.1) is 24.8 Å². The molecule has 188 valence electrons. The Balaban J connectivity index is 0.00000289. The van der Waals surface area contributed by atoms with Crippen LogP contribution in [0.2, 0.25) is 0 Å². The molecule has 0 amide bonds. The Hall–Kier alpha value is -2.50. The maximum absolute atomic E-state index is 11.6. The summed E-state index contributed by atoms with van der Waals surface area (Å²) in [6.07, 6.45) is 5.79. The Morgan fingerprint density at radius 1 is 1.06 bits per heavy atom. The van der Waals surface area contributed by atoms with Crippen LogP contribution in [0.25, 0.3) is 5.69 Å². The third-order valence-corrected chi connectivity index (χ3v) is 5.91. The van der Waals surface area contributed by atoms with Crippen molar-refractivity contribution in [3.8, 4) is 17.2 Å². The predicted octanol–water partition coefficient (Wildman–Crippen LogP) is 2.52. The van der Waals surface area contributed by atoms with E-state index in [9.17, 15) is 13.5 Å². The quantitative estimate of drug-likeness (QED) is 0.345. The summed E-state index contributed by atoms with van der Waals surface area (Å²) >= 11 is 0. The fourth-order valence-corrected chi connectivity index (χ4v) is 3.34. The van der Waals surface area contributed by atoms with Gasteiger partial charge in [0.2, 0.25) is 10.0 Å². The van der Waals surface area contributed by atoms with Gasteiger partial charge >= 0.3 is 0 Å². The summed E-state index contributed by atoms with van der Waals surface area (Å²) in [5, 5.41) is 13.2. The van der Waals surface area contributed by atoms with Crippen molar-refractivity contribution in [3.05, 3.63) is 67.3 Å². The maximum atomic E-state index is 11.6. The number of nitrogens with one attached hydrogen (secondary N) is 1. The fourth-order valence-electron chi connectivity index (χ4n) is 2.83. The minimum absolute atomic E-state index is 0. The lowest BCUT2D eigenvalue weighted by atomic mass is 10.3. The van der Waals surface area contributed by atoms with Gasteiger partial charge in [0.25, 0.3) is 0 Å². The third kappa shape index (κ3) is 9.03. The van der Waals surface area contributed by atoms with E-state index in [-0.39, 0.29) is 31.4 Å². The van der Waals surface area contributed by atoms with Crippen molar-refractivity contribution >= 4 is 40.5 Å². The van der Waals surface area contributed by atoms with E-state index in [1.807, 2.05) is 35.0 Å². The zero-order valence-electron chi connectivity index (χ0n) is 18.9. The zero-order valence-corrected chi connectivity index (χ0v) is 21.4. The number of hydrogen-bond donors (Lipinski definition) is 2. The van der Waals surface area contributed by atoms with Crippen LogP contribution < -0.4 is 19.1 Å². The third-order valence-electron chi connectivity index (χ3n) is 4.71. The van der Waals surface area contributed by atoms with Crippen molar-refractivity contribution < 1.29 is 23.0 Å². The molecule has 3 aromatic rings. The fraction of sp³-hybridized carbons (Fsp3) is 0.318. The lowest BCUT2D eigenvalue weighted by Crippen LogP contribution is -2.33. The van der Waals surface area contributed by atoms with Crippen LogP contribution in [0.3, 0.4) is 0 Å². The number of aliphatic hydroxyl groups excluding tert-OH is 1. The molecular weight excluding hydrogens is 503 g/mol. The van der Waals surface area contributed by atoms with Crippen LogP contribution >= 0.6 is 24.8 Å². The molecule has 0 spiro atoms. The first-order chi connectivity index (χ1) is 15.3. The Kier molecular flexibility index (Phi) is 12.2. The minimum atomic E-state index is -3.31. The number of imidazole rings is 1. The van der Waals surface area contributed by atoms with Crippen molar-refractivity contribution in [3.63, 3.8) is 0 Å². The number of halogens is 2. The second kappa shape index (κ2) is 14.0. The van der Waals surface area contributed by atoms with Gasteiger partial charge in [0, 0.05) is 38.2 Å². The molecule has 0 saturated heterocycles. The Labute approximate surface area is 212 Å². The lowest BCUT2D eigenvalue weighted by molar-refractivity contribution is 0.105. The number of nitrogens with zero attached hydrogens (tertiary/aromatic N) is 3. The number of ether oxygens (including phenoxy) is 2. The normalized spacial score (nSPS) is 11.6. The van der Waals surface area contributed by atoms with E-state index < -0.39 is 16.1 Å². The first-order valence-electron chi connectivity index (χ1n) is 10.1. The SMILES string of the molecule is CN(c1ccc(OCC(O)CNCCOc2ccc(-n3ccnc3)cc2)cc1)S(C)(=O)=O.Cl.Cl. The minimum Gasteiger partial charge on any atom is -0.492 e. The van der Waals surface area contributed by atoms with Crippen LogP contribution in [0.1, 0.15) is 0 Å². The molecule has 1 aromatic heterocycles. The predicted molar refractivity (Wildman–Crippen MR) is 138 cm³/mol. The molecule has 9 nitrogen and oxygen atoms in total. The van der Waals surface area contributed by atoms with Gasteiger partial charge in [0.1, 0.15) is 30.8 Å². The highest BCUT2D eigenvalue weighted by Gasteiger charge is 2.12. The van der Waals surface area contributed by atoms with E-state index in [0.29, 0.717) is 31.1 Å². The molecular formula is C22H30Cl2N4O5S. The van der Waals surface area contributed by atoms with E-state index in [0.717, 1.165) is 17.7 Å². The number of hydrogen-bond acceptors (Lipinski definition) is 7. The standard InChI is InChI=1S/C22H28N4O5S.2ClH/c1-25(32(2,28)29)18-3-7-22(8-4-18)31-16-20(27)15-23-12-14-30-21-9-5-19(6-10-21)26-13-11-24-17-26;;/h3-11,13,17,20,23,27H,12,14-16H2,1-2H3;2*1H. The van der Waals surface area contributed by atoms with Crippen LogP contribution in [0, 0.1) is 0 Å². The molecule has 1 heterocycles. The molecule has 0 radical (unpaired) electrons. The average Bonchev–Trinajstić information content (AvgIpc) is 3.32. The van der Waals surface area contributed by atoms with Gasteiger partial charge in [-0.1, -0.05) is 0 Å². The summed E-state index contributed by atoms with van der Waals surface area (Å²) in [6, 6.07) is 14.4. The van der Waals surface area contributed by atoms with E-state index in [4.69, 9.17) is 9.47 Å². The van der Waals surface area contributed by atoms with Crippen molar-refractivity contribution in [1.29, 1.82) is 0 Å².